The van der Waals surface area contributed by atoms with Gasteiger partial charge in [-0.3, -0.25) is 4.79 Å². The van der Waals surface area contributed by atoms with E-state index < -0.39 is 0 Å². The third kappa shape index (κ3) is 1.46. The van der Waals surface area contributed by atoms with Crippen molar-refractivity contribution in [1.82, 2.24) is 0 Å². The zero-order valence-corrected chi connectivity index (χ0v) is 10.2. The summed E-state index contributed by atoms with van der Waals surface area (Å²) >= 11 is 0. The molecule has 1 aromatic carbocycles. The summed E-state index contributed by atoms with van der Waals surface area (Å²) in [5, 5.41) is 0. The lowest BCUT2D eigenvalue weighted by Crippen LogP contribution is -2.32. The molecule has 0 aromatic heterocycles. The van der Waals surface area contributed by atoms with Crippen molar-refractivity contribution in [3.63, 3.8) is 0 Å². The molecule has 90 valence electrons. The summed E-state index contributed by atoms with van der Waals surface area (Å²) in [5.74, 6) is -0.319. The minimum Gasteiger partial charge on any atom is -0.294 e. The zero-order chi connectivity index (χ0) is 12.0. The largest absolute Gasteiger partial charge is 0.294 e. The third-order valence-electron chi connectivity index (χ3n) is 4.56. The van der Waals surface area contributed by atoms with Crippen LogP contribution in [0.25, 0.3) is 0 Å². The molecule has 0 amide bonds. The first-order valence-corrected chi connectivity index (χ1v) is 6.47. The number of carbonyl (C=O) groups is 1. The number of hydrogen-bond acceptors (Lipinski definition) is 1. The molecule has 1 spiro atoms. The Labute approximate surface area is 101 Å². The zero-order valence-electron chi connectivity index (χ0n) is 10.2. The van der Waals surface area contributed by atoms with Crippen molar-refractivity contribution in [2.45, 2.75) is 50.9 Å². The minimum atomic E-state index is -0.318. The summed E-state index contributed by atoms with van der Waals surface area (Å²) in [5.41, 5.74) is 2.64. The van der Waals surface area contributed by atoms with Crippen LogP contribution in [-0.2, 0) is 5.41 Å². The van der Waals surface area contributed by atoms with Crippen LogP contribution in [0, 0.1) is 12.7 Å². The lowest BCUT2D eigenvalue weighted by atomic mass is 9.67. The minimum absolute atomic E-state index is 0.00118. The van der Waals surface area contributed by atoms with Gasteiger partial charge in [-0.25, -0.2) is 4.39 Å². The second kappa shape index (κ2) is 3.66. The molecule has 0 heterocycles. The second-order valence-electron chi connectivity index (χ2n) is 5.52. The van der Waals surface area contributed by atoms with Gasteiger partial charge in [-0.1, -0.05) is 18.9 Å². The van der Waals surface area contributed by atoms with Gasteiger partial charge in [0.15, 0.2) is 5.78 Å². The number of fused-ring (bicyclic) bond motifs is 2. The molecule has 0 radical (unpaired) electrons. The van der Waals surface area contributed by atoms with Gasteiger partial charge in [0.25, 0.3) is 0 Å². The van der Waals surface area contributed by atoms with Crippen molar-refractivity contribution in [3.8, 4) is 0 Å². The Bertz CT molecular complexity index is 484. The SMILES string of the molecule is Cc1ccc(F)c2c1C1(CCCC1)CCC2=O. The second-order valence-corrected chi connectivity index (χ2v) is 5.52. The van der Waals surface area contributed by atoms with Gasteiger partial charge in [-0.15, -0.1) is 0 Å². The molecule has 3 rings (SSSR count). The Morgan fingerprint density at radius 3 is 2.59 bits per heavy atom. The molecule has 1 aromatic rings. The summed E-state index contributed by atoms with van der Waals surface area (Å²) in [4.78, 5) is 12.0. The molecule has 0 saturated heterocycles. The van der Waals surface area contributed by atoms with Crippen LogP contribution in [0.2, 0.25) is 0 Å². The average Bonchev–Trinajstić information content (AvgIpc) is 2.77. The van der Waals surface area contributed by atoms with Crippen LogP contribution in [0.4, 0.5) is 4.39 Å². The molecule has 1 nitrogen and oxygen atoms in total. The first-order valence-electron chi connectivity index (χ1n) is 6.47. The van der Waals surface area contributed by atoms with Gasteiger partial charge in [-0.2, -0.15) is 0 Å². The molecule has 2 aliphatic carbocycles. The van der Waals surface area contributed by atoms with Crippen LogP contribution < -0.4 is 0 Å². The molecular formula is C15H17FO. The van der Waals surface area contributed by atoms with E-state index in [4.69, 9.17) is 0 Å². The first-order chi connectivity index (χ1) is 8.14. The van der Waals surface area contributed by atoms with Crippen LogP contribution in [0.3, 0.4) is 0 Å². The summed E-state index contributed by atoms with van der Waals surface area (Å²) < 4.78 is 13.9. The molecule has 0 unspecified atom stereocenters. The first kappa shape index (κ1) is 10.9. The lowest BCUT2D eigenvalue weighted by Gasteiger charge is -2.36. The third-order valence-corrected chi connectivity index (χ3v) is 4.56. The monoisotopic (exact) mass is 232 g/mol. The van der Waals surface area contributed by atoms with E-state index in [1.165, 1.54) is 18.9 Å². The van der Waals surface area contributed by atoms with Crippen molar-refractivity contribution in [1.29, 1.82) is 0 Å². The van der Waals surface area contributed by atoms with E-state index in [0.717, 1.165) is 30.4 Å². The lowest BCUT2D eigenvalue weighted by molar-refractivity contribution is 0.0946. The topological polar surface area (TPSA) is 17.1 Å². The molecule has 0 aliphatic heterocycles. The van der Waals surface area contributed by atoms with Crippen molar-refractivity contribution in [2.75, 3.05) is 0 Å². The highest BCUT2D eigenvalue weighted by Crippen LogP contribution is 2.50. The summed E-state index contributed by atoms with van der Waals surface area (Å²) in [6, 6.07) is 3.27. The summed E-state index contributed by atoms with van der Waals surface area (Å²) in [6.45, 7) is 2.01. The van der Waals surface area contributed by atoms with Crippen molar-refractivity contribution >= 4 is 5.78 Å². The molecule has 0 atom stereocenters. The maximum absolute atomic E-state index is 13.9. The van der Waals surface area contributed by atoms with Crippen LogP contribution in [0.15, 0.2) is 12.1 Å². The van der Waals surface area contributed by atoms with E-state index >= 15 is 0 Å². The predicted molar refractivity (Wildman–Crippen MR) is 64.8 cm³/mol. The number of rotatable bonds is 0. The van der Waals surface area contributed by atoms with Crippen LogP contribution in [-0.4, -0.2) is 5.78 Å². The Morgan fingerprint density at radius 1 is 1.18 bits per heavy atom. The molecule has 2 aliphatic rings. The van der Waals surface area contributed by atoms with Gasteiger partial charge in [-0.05, 0) is 48.8 Å². The Kier molecular flexibility index (Phi) is 2.35. The normalized spacial score (nSPS) is 21.9. The number of benzene rings is 1. The maximum atomic E-state index is 13.9. The Balaban J connectivity index is 2.27. The van der Waals surface area contributed by atoms with E-state index in [1.54, 1.807) is 0 Å². The van der Waals surface area contributed by atoms with Crippen LogP contribution >= 0.6 is 0 Å². The highest BCUT2D eigenvalue weighted by Gasteiger charge is 2.43. The van der Waals surface area contributed by atoms with Crippen molar-refractivity contribution < 1.29 is 9.18 Å². The average molecular weight is 232 g/mol. The van der Waals surface area contributed by atoms with Gasteiger partial charge in [0.1, 0.15) is 5.82 Å². The number of carbonyl (C=O) groups excluding carboxylic acids is 1. The van der Waals surface area contributed by atoms with Crippen molar-refractivity contribution in [2.24, 2.45) is 0 Å². The van der Waals surface area contributed by atoms with Crippen LogP contribution in [0.5, 0.6) is 0 Å². The fraction of sp³-hybridized carbons (Fsp3) is 0.533. The smallest absolute Gasteiger partial charge is 0.166 e. The molecule has 17 heavy (non-hydrogen) atoms. The number of Topliss-reactive ketones (excluding diaryl/α,β-unsaturated/α-hetero) is 1. The Hall–Kier alpha value is -1.18. The standard InChI is InChI=1S/C15H17FO/c1-10-4-5-11(16)13-12(17)6-9-15(14(10)13)7-2-3-8-15/h4-5H,2-3,6-9H2,1H3. The van der Waals surface area contributed by atoms with Crippen LogP contribution in [0.1, 0.15) is 60.0 Å². The molecule has 1 saturated carbocycles. The predicted octanol–water partition coefficient (Wildman–Crippen LogP) is 3.92. The summed E-state index contributed by atoms with van der Waals surface area (Å²) in [6.07, 6.45) is 6.11. The quantitative estimate of drug-likeness (QED) is 0.662. The number of halogens is 1. The maximum Gasteiger partial charge on any atom is 0.166 e. The fourth-order valence-electron chi connectivity index (χ4n) is 3.79. The van der Waals surface area contributed by atoms with E-state index in [-0.39, 0.29) is 17.0 Å². The molecule has 0 N–H and O–H groups in total. The van der Waals surface area contributed by atoms with E-state index in [9.17, 15) is 9.18 Å². The number of hydrogen-bond donors (Lipinski definition) is 0. The summed E-state index contributed by atoms with van der Waals surface area (Å²) in [7, 11) is 0. The number of aryl methyl sites for hydroxylation is 1. The highest BCUT2D eigenvalue weighted by atomic mass is 19.1. The Morgan fingerprint density at radius 2 is 1.88 bits per heavy atom. The van der Waals surface area contributed by atoms with E-state index in [1.807, 2.05) is 13.0 Å². The molecule has 2 heteroatoms. The molecular weight excluding hydrogens is 215 g/mol. The van der Waals surface area contributed by atoms with E-state index in [2.05, 4.69) is 0 Å². The van der Waals surface area contributed by atoms with Gasteiger partial charge >= 0.3 is 0 Å². The van der Waals surface area contributed by atoms with Gasteiger partial charge in [0, 0.05) is 6.42 Å². The molecule has 0 bridgehead atoms. The highest BCUT2D eigenvalue weighted by molar-refractivity contribution is 5.99. The van der Waals surface area contributed by atoms with Gasteiger partial charge in [0.05, 0.1) is 5.56 Å². The van der Waals surface area contributed by atoms with Gasteiger partial charge < -0.3 is 0 Å². The van der Waals surface area contributed by atoms with E-state index in [0.29, 0.717) is 12.0 Å². The van der Waals surface area contributed by atoms with Crippen molar-refractivity contribution in [3.05, 3.63) is 34.6 Å². The number of ketones is 1. The fourth-order valence-corrected chi connectivity index (χ4v) is 3.79. The van der Waals surface area contributed by atoms with Gasteiger partial charge in [0.2, 0.25) is 0 Å². The molecule has 1 fully saturated rings.